The highest BCUT2D eigenvalue weighted by atomic mass is 32.1. The van der Waals surface area contributed by atoms with Crippen LogP contribution in [0.1, 0.15) is 43.6 Å². The number of fused-ring (bicyclic) bond motifs is 1. The Hall–Kier alpha value is -0.830. The molecular weight excluding hydrogens is 218 g/mol. The monoisotopic (exact) mass is 237 g/mol. The summed E-state index contributed by atoms with van der Waals surface area (Å²) in [6, 6.07) is 2.16. The zero-order chi connectivity index (χ0) is 11.5. The summed E-state index contributed by atoms with van der Waals surface area (Å²) >= 11 is 1.76. The second-order valence-corrected chi connectivity index (χ2v) is 6.05. The summed E-state index contributed by atoms with van der Waals surface area (Å²) in [4.78, 5) is 13.1. The minimum absolute atomic E-state index is 0.147. The van der Waals surface area contributed by atoms with Crippen molar-refractivity contribution in [3.05, 3.63) is 16.5 Å². The SMILES string of the molecule is CC(C)CC(=O)Nc1cc2c(s1)CCCC2. The zero-order valence-corrected chi connectivity index (χ0v) is 10.8. The predicted octanol–water partition coefficient (Wildman–Crippen LogP) is 3.61. The van der Waals surface area contributed by atoms with Crippen LogP contribution in [0.2, 0.25) is 0 Å². The molecule has 0 atom stereocenters. The summed E-state index contributed by atoms with van der Waals surface area (Å²) in [5, 5.41) is 4.05. The topological polar surface area (TPSA) is 29.1 Å². The molecule has 0 saturated carbocycles. The van der Waals surface area contributed by atoms with Crippen LogP contribution >= 0.6 is 11.3 Å². The van der Waals surface area contributed by atoms with Gasteiger partial charge in [0.1, 0.15) is 0 Å². The Kier molecular flexibility index (Phi) is 3.64. The molecule has 1 heterocycles. The zero-order valence-electron chi connectivity index (χ0n) is 10.0. The van der Waals surface area contributed by atoms with Gasteiger partial charge in [0.15, 0.2) is 0 Å². The summed E-state index contributed by atoms with van der Waals surface area (Å²) in [6.07, 6.45) is 5.59. The number of carbonyl (C=O) groups is 1. The van der Waals surface area contributed by atoms with E-state index < -0.39 is 0 Å². The second kappa shape index (κ2) is 5.00. The van der Waals surface area contributed by atoms with Crippen molar-refractivity contribution in [2.75, 3.05) is 5.32 Å². The molecule has 0 saturated heterocycles. The Morgan fingerprint density at radius 3 is 2.88 bits per heavy atom. The van der Waals surface area contributed by atoms with Crippen LogP contribution in [-0.4, -0.2) is 5.91 Å². The molecule has 1 N–H and O–H groups in total. The lowest BCUT2D eigenvalue weighted by atomic mass is 10.00. The van der Waals surface area contributed by atoms with Crippen molar-refractivity contribution in [2.45, 2.75) is 46.0 Å². The number of carbonyl (C=O) groups excluding carboxylic acids is 1. The fraction of sp³-hybridized carbons (Fsp3) is 0.615. The third-order valence-corrected chi connectivity index (χ3v) is 4.01. The predicted molar refractivity (Wildman–Crippen MR) is 69.0 cm³/mol. The minimum atomic E-state index is 0.147. The molecular formula is C13H19NOS. The molecule has 1 aromatic heterocycles. The fourth-order valence-electron chi connectivity index (χ4n) is 2.11. The quantitative estimate of drug-likeness (QED) is 0.855. The van der Waals surface area contributed by atoms with Crippen LogP contribution < -0.4 is 5.32 Å². The van der Waals surface area contributed by atoms with E-state index in [4.69, 9.17) is 0 Å². The Labute approximate surface area is 101 Å². The number of hydrogen-bond acceptors (Lipinski definition) is 2. The molecule has 0 aliphatic heterocycles. The third-order valence-electron chi connectivity index (χ3n) is 2.85. The normalized spacial score (nSPS) is 14.9. The smallest absolute Gasteiger partial charge is 0.225 e. The van der Waals surface area contributed by atoms with Crippen LogP contribution in [0.15, 0.2) is 6.07 Å². The average molecular weight is 237 g/mol. The lowest BCUT2D eigenvalue weighted by Crippen LogP contribution is -2.12. The van der Waals surface area contributed by atoms with E-state index in [9.17, 15) is 4.79 Å². The van der Waals surface area contributed by atoms with E-state index in [-0.39, 0.29) is 5.91 Å². The largest absolute Gasteiger partial charge is 0.318 e. The van der Waals surface area contributed by atoms with Gasteiger partial charge in [0.05, 0.1) is 5.00 Å². The Balaban J connectivity index is 1.99. The van der Waals surface area contributed by atoms with E-state index in [2.05, 4.69) is 25.2 Å². The second-order valence-electron chi connectivity index (χ2n) is 4.91. The number of amides is 1. The Morgan fingerprint density at radius 2 is 2.19 bits per heavy atom. The molecule has 1 amide bonds. The van der Waals surface area contributed by atoms with E-state index in [0.717, 1.165) is 5.00 Å². The first-order chi connectivity index (χ1) is 7.65. The number of rotatable bonds is 3. The average Bonchev–Trinajstić information content (AvgIpc) is 2.57. The lowest BCUT2D eigenvalue weighted by molar-refractivity contribution is -0.116. The van der Waals surface area contributed by atoms with Crippen molar-refractivity contribution in [2.24, 2.45) is 5.92 Å². The van der Waals surface area contributed by atoms with Gasteiger partial charge >= 0.3 is 0 Å². The number of hydrogen-bond donors (Lipinski definition) is 1. The molecule has 0 spiro atoms. The molecule has 1 aliphatic carbocycles. The van der Waals surface area contributed by atoms with Crippen molar-refractivity contribution in [1.29, 1.82) is 0 Å². The van der Waals surface area contributed by atoms with E-state index >= 15 is 0 Å². The number of thiophene rings is 1. The maximum atomic E-state index is 11.6. The molecule has 2 nitrogen and oxygen atoms in total. The Bertz CT molecular complexity index is 358. The van der Waals surface area contributed by atoms with Gasteiger partial charge in [-0.25, -0.2) is 0 Å². The summed E-state index contributed by atoms with van der Waals surface area (Å²) in [6.45, 7) is 4.14. The Morgan fingerprint density at radius 1 is 1.44 bits per heavy atom. The van der Waals surface area contributed by atoms with Gasteiger partial charge in [0, 0.05) is 11.3 Å². The van der Waals surface area contributed by atoms with Gasteiger partial charge in [-0.15, -0.1) is 11.3 Å². The summed E-state index contributed by atoms with van der Waals surface area (Å²) < 4.78 is 0. The first-order valence-electron chi connectivity index (χ1n) is 6.06. The number of nitrogens with one attached hydrogen (secondary N) is 1. The molecule has 0 bridgehead atoms. The van der Waals surface area contributed by atoms with Crippen molar-refractivity contribution >= 4 is 22.2 Å². The van der Waals surface area contributed by atoms with Crippen molar-refractivity contribution < 1.29 is 4.79 Å². The highest BCUT2D eigenvalue weighted by molar-refractivity contribution is 7.16. The summed E-state index contributed by atoms with van der Waals surface area (Å²) in [5.74, 6) is 0.572. The van der Waals surface area contributed by atoms with Gasteiger partial charge in [-0.2, -0.15) is 0 Å². The van der Waals surface area contributed by atoms with Gasteiger partial charge in [-0.3, -0.25) is 4.79 Å². The minimum Gasteiger partial charge on any atom is -0.318 e. The van der Waals surface area contributed by atoms with Gasteiger partial charge in [0.25, 0.3) is 0 Å². The molecule has 1 aromatic rings. The number of anilines is 1. The first kappa shape index (κ1) is 11.6. The maximum absolute atomic E-state index is 11.6. The van der Waals surface area contributed by atoms with Gasteiger partial charge in [-0.1, -0.05) is 13.8 Å². The molecule has 16 heavy (non-hydrogen) atoms. The van der Waals surface area contributed by atoms with Crippen LogP contribution in [0.5, 0.6) is 0 Å². The molecule has 1 aliphatic rings. The standard InChI is InChI=1S/C13H19NOS/c1-9(2)7-12(15)14-13-8-10-5-3-4-6-11(10)16-13/h8-9H,3-7H2,1-2H3,(H,14,15). The lowest BCUT2D eigenvalue weighted by Gasteiger charge is -2.08. The molecule has 2 rings (SSSR count). The van der Waals surface area contributed by atoms with E-state index in [1.165, 1.54) is 36.1 Å². The van der Waals surface area contributed by atoms with Crippen LogP contribution in [0, 0.1) is 5.92 Å². The van der Waals surface area contributed by atoms with E-state index in [1.807, 2.05) is 0 Å². The van der Waals surface area contributed by atoms with Gasteiger partial charge < -0.3 is 5.32 Å². The van der Waals surface area contributed by atoms with Crippen molar-refractivity contribution in [3.8, 4) is 0 Å². The summed E-state index contributed by atoms with van der Waals surface area (Å²) in [7, 11) is 0. The van der Waals surface area contributed by atoms with Crippen LogP contribution in [0.25, 0.3) is 0 Å². The maximum Gasteiger partial charge on any atom is 0.225 e. The molecule has 3 heteroatoms. The highest BCUT2D eigenvalue weighted by Crippen LogP contribution is 2.32. The van der Waals surface area contributed by atoms with Gasteiger partial charge in [-0.05, 0) is 43.2 Å². The van der Waals surface area contributed by atoms with Crippen LogP contribution in [0.4, 0.5) is 5.00 Å². The van der Waals surface area contributed by atoms with E-state index in [0.29, 0.717) is 12.3 Å². The molecule has 88 valence electrons. The van der Waals surface area contributed by atoms with Crippen LogP contribution in [-0.2, 0) is 17.6 Å². The third kappa shape index (κ3) is 2.85. The first-order valence-corrected chi connectivity index (χ1v) is 6.88. The molecule has 0 fully saturated rings. The fourth-order valence-corrected chi connectivity index (χ4v) is 3.28. The summed E-state index contributed by atoms with van der Waals surface area (Å²) in [5.41, 5.74) is 1.45. The van der Waals surface area contributed by atoms with Crippen molar-refractivity contribution in [1.82, 2.24) is 0 Å². The van der Waals surface area contributed by atoms with Crippen LogP contribution in [0.3, 0.4) is 0 Å². The van der Waals surface area contributed by atoms with Crippen molar-refractivity contribution in [3.63, 3.8) is 0 Å². The molecule has 0 aromatic carbocycles. The molecule has 0 radical (unpaired) electrons. The van der Waals surface area contributed by atoms with E-state index in [1.54, 1.807) is 11.3 Å². The van der Waals surface area contributed by atoms with Gasteiger partial charge in [0.2, 0.25) is 5.91 Å². The highest BCUT2D eigenvalue weighted by Gasteiger charge is 2.14. The number of aryl methyl sites for hydroxylation is 2. The molecule has 0 unspecified atom stereocenters.